The van der Waals surface area contributed by atoms with Gasteiger partial charge in [0.2, 0.25) is 0 Å². The average molecular weight is 545 g/mol. The van der Waals surface area contributed by atoms with Crippen LogP contribution in [0.1, 0.15) is 35.3 Å². The van der Waals surface area contributed by atoms with E-state index in [0.29, 0.717) is 47.6 Å². The maximum absolute atomic E-state index is 12.4. The molecule has 0 spiro atoms. The molecule has 2 unspecified atom stereocenters. The third-order valence-corrected chi connectivity index (χ3v) is 6.65. The van der Waals surface area contributed by atoms with Crippen molar-refractivity contribution in [2.75, 3.05) is 33.3 Å². The van der Waals surface area contributed by atoms with Gasteiger partial charge in [0.25, 0.3) is 10.1 Å². The van der Waals surface area contributed by atoms with Crippen molar-refractivity contribution in [3.63, 3.8) is 0 Å². The maximum Gasteiger partial charge on any atom is 0.294 e. The molecule has 3 aromatic rings. The van der Waals surface area contributed by atoms with Crippen LogP contribution in [0.25, 0.3) is 0 Å². The first-order chi connectivity index (χ1) is 17.8. The minimum Gasteiger partial charge on any atom is -0.488 e. The largest absolute Gasteiger partial charge is 0.488 e. The van der Waals surface area contributed by atoms with Gasteiger partial charge in [-0.25, -0.2) is 0 Å². The second-order valence-corrected chi connectivity index (χ2v) is 11.2. The topological polar surface area (TPSA) is 121 Å². The predicted molar refractivity (Wildman–Crippen MR) is 147 cm³/mol. The summed E-state index contributed by atoms with van der Waals surface area (Å²) in [6.07, 6.45) is -0.894. The fourth-order valence-corrected chi connectivity index (χ4v) is 4.57. The number of carbonyl (C=O) groups is 1. The van der Waals surface area contributed by atoms with Crippen LogP contribution in [0.5, 0.6) is 5.75 Å². The molecule has 0 fully saturated rings. The van der Waals surface area contributed by atoms with Gasteiger partial charge in [0, 0.05) is 11.1 Å². The zero-order valence-electron chi connectivity index (χ0n) is 22.3. The van der Waals surface area contributed by atoms with E-state index in [9.17, 15) is 23.4 Å². The number of rotatable bonds is 11. The molecule has 3 N–H and O–H groups in total. The van der Waals surface area contributed by atoms with E-state index in [2.05, 4.69) is 0 Å². The Bertz CT molecular complexity index is 1230. The van der Waals surface area contributed by atoms with Crippen LogP contribution >= 0.6 is 0 Å². The Labute approximate surface area is 225 Å². The molecule has 0 saturated heterocycles. The minimum atomic E-state index is -4.02. The first-order valence-electron chi connectivity index (χ1n) is 12.4. The van der Waals surface area contributed by atoms with Crippen LogP contribution in [0, 0.1) is 6.92 Å². The Balaban J connectivity index is 0.000000384. The van der Waals surface area contributed by atoms with Crippen LogP contribution in [0.3, 0.4) is 0 Å². The van der Waals surface area contributed by atoms with E-state index in [4.69, 9.17) is 9.29 Å². The summed E-state index contributed by atoms with van der Waals surface area (Å²) in [7, 11) is -2.02. The molecular formula is C29H38NO7S+. The summed E-state index contributed by atoms with van der Waals surface area (Å²) in [5.74, 6) is 0.681. The number of ketones is 1. The van der Waals surface area contributed by atoms with Crippen molar-refractivity contribution in [3.8, 4) is 5.75 Å². The van der Waals surface area contributed by atoms with E-state index >= 15 is 0 Å². The van der Waals surface area contributed by atoms with Gasteiger partial charge in [-0.2, -0.15) is 8.42 Å². The molecule has 0 bridgehead atoms. The van der Waals surface area contributed by atoms with Gasteiger partial charge >= 0.3 is 0 Å². The van der Waals surface area contributed by atoms with Gasteiger partial charge < -0.3 is 19.4 Å². The Kier molecular flexibility index (Phi) is 11.6. The number of carbonyl (C=O) groups excluding carboxylic acids is 1. The summed E-state index contributed by atoms with van der Waals surface area (Å²) >= 11 is 0. The summed E-state index contributed by atoms with van der Waals surface area (Å²) < 4.78 is 35.9. The van der Waals surface area contributed by atoms with Crippen molar-refractivity contribution >= 4 is 15.9 Å². The third-order valence-electron chi connectivity index (χ3n) is 5.78. The number of aliphatic hydroxyl groups is 2. The molecule has 0 heterocycles. The zero-order chi connectivity index (χ0) is 28.3. The van der Waals surface area contributed by atoms with Gasteiger partial charge in [-0.15, -0.1) is 0 Å². The lowest BCUT2D eigenvalue weighted by molar-refractivity contribution is -0.914. The van der Waals surface area contributed by atoms with E-state index in [1.165, 1.54) is 12.1 Å². The Morgan fingerprint density at radius 3 is 1.82 bits per heavy atom. The SMILES string of the molecule is CC(O)C[N+](C)(CCOc1ccc(C(=O)c2ccccc2)cc1)CC(C)O.Cc1ccc(S(=O)(=O)O)cc1. The van der Waals surface area contributed by atoms with E-state index in [1.54, 1.807) is 62.4 Å². The molecule has 38 heavy (non-hydrogen) atoms. The van der Waals surface area contributed by atoms with Gasteiger partial charge in [0.1, 0.15) is 44.2 Å². The minimum absolute atomic E-state index is 0.0136. The molecule has 0 radical (unpaired) electrons. The van der Waals surface area contributed by atoms with Crippen LogP contribution in [0.4, 0.5) is 0 Å². The number of hydrogen-bond donors (Lipinski definition) is 3. The molecule has 3 aromatic carbocycles. The number of ether oxygens (including phenoxy) is 1. The van der Waals surface area contributed by atoms with E-state index in [-0.39, 0.29) is 10.7 Å². The van der Waals surface area contributed by atoms with Crippen LogP contribution < -0.4 is 4.74 Å². The molecule has 0 aliphatic rings. The maximum atomic E-state index is 12.4. The summed E-state index contributed by atoms with van der Waals surface area (Å²) in [5, 5.41) is 19.4. The van der Waals surface area contributed by atoms with Crippen molar-refractivity contribution in [2.45, 2.75) is 37.9 Å². The predicted octanol–water partition coefficient (Wildman–Crippen LogP) is 3.75. The molecule has 0 aromatic heterocycles. The zero-order valence-corrected chi connectivity index (χ0v) is 23.1. The highest BCUT2D eigenvalue weighted by Crippen LogP contribution is 2.16. The molecular weight excluding hydrogens is 506 g/mol. The molecule has 0 saturated carbocycles. The fourth-order valence-electron chi connectivity index (χ4n) is 4.09. The van der Waals surface area contributed by atoms with Gasteiger partial charge in [0.15, 0.2) is 5.78 Å². The molecule has 0 aliphatic carbocycles. The standard InChI is InChI=1S/C22H30NO4.C7H8O3S/c1-17(24)15-23(3,16-18(2)25)13-14-27-21-11-9-20(10-12-21)22(26)19-7-5-4-6-8-19;1-6-2-4-7(5-3-6)11(8,9)10/h4-12,17-18,24-25H,13-16H2,1-3H3;2-5H,1H3,(H,8,9,10)/q+1;. The molecule has 0 aliphatic heterocycles. The van der Waals surface area contributed by atoms with Crippen molar-refractivity contribution in [1.29, 1.82) is 0 Å². The Hall–Kier alpha value is -3.08. The Morgan fingerprint density at radius 2 is 1.34 bits per heavy atom. The summed E-state index contributed by atoms with van der Waals surface area (Å²) in [5.41, 5.74) is 2.24. The van der Waals surface area contributed by atoms with Crippen LogP contribution in [-0.4, -0.2) is 78.9 Å². The number of likely N-dealkylation sites (N-methyl/N-ethyl adjacent to an activating group) is 1. The van der Waals surface area contributed by atoms with Crippen molar-refractivity contribution < 1.29 is 37.2 Å². The monoisotopic (exact) mass is 544 g/mol. The smallest absolute Gasteiger partial charge is 0.294 e. The molecule has 206 valence electrons. The number of hydrogen-bond acceptors (Lipinski definition) is 6. The second-order valence-electron chi connectivity index (χ2n) is 9.76. The summed E-state index contributed by atoms with van der Waals surface area (Å²) in [4.78, 5) is 12.4. The van der Waals surface area contributed by atoms with Gasteiger partial charge in [-0.05, 0) is 57.2 Å². The first kappa shape index (κ1) is 31.1. The van der Waals surface area contributed by atoms with Crippen LogP contribution in [-0.2, 0) is 10.1 Å². The third kappa shape index (κ3) is 10.7. The normalized spacial score (nSPS) is 14.4. The second kappa shape index (κ2) is 14.2. The van der Waals surface area contributed by atoms with Gasteiger partial charge in [0.05, 0.1) is 11.9 Å². The highest BCUT2D eigenvalue weighted by atomic mass is 32.2. The van der Waals surface area contributed by atoms with E-state index in [1.807, 2.05) is 32.2 Å². The van der Waals surface area contributed by atoms with Gasteiger partial charge in [-0.1, -0.05) is 48.0 Å². The number of quaternary nitrogens is 1. The number of aliphatic hydroxyl groups excluding tert-OH is 2. The molecule has 8 nitrogen and oxygen atoms in total. The lowest BCUT2D eigenvalue weighted by atomic mass is 10.0. The highest BCUT2D eigenvalue weighted by Gasteiger charge is 2.26. The average Bonchev–Trinajstić information content (AvgIpc) is 2.83. The van der Waals surface area contributed by atoms with Crippen molar-refractivity contribution in [3.05, 3.63) is 95.6 Å². The molecule has 2 atom stereocenters. The fraction of sp³-hybridized carbons (Fsp3) is 0.345. The van der Waals surface area contributed by atoms with Crippen molar-refractivity contribution in [2.24, 2.45) is 0 Å². The molecule has 9 heteroatoms. The number of nitrogens with zero attached hydrogens (tertiary/aromatic N) is 1. The number of aryl methyl sites for hydroxylation is 1. The van der Waals surface area contributed by atoms with Crippen LogP contribution in [0.15, 0.2) is 83.8 Å². The van der Waals surface area contributed by atoms with Crippen LogP contribution in [0.2, 0.25) is 0 Å². The van der Waals surface area contributed by atoms with E-state index < -0.39 is 22.3 Å². The molecule has 3 rings (SSSR count). The highest BCUT2D eigenvalue weighted by molar-refractivity contribution is 7.85. The molecule has 0 amide bonds. The summed E-state index contributed by atoms with van der Waals surface area (Å²) in [6, 6.07) is 22.3. The summed E-state index contributed by atoms with van der Waals surface area (Å²) in [6.45, 7) is 7.58. The Morgan fingerprint density at radius 1 is 0.842 bits per heavy atom. The van der Waals surface area contributed by atoms with Gasteiger partial charge in [-0.3, -0.25) is 9.35 Å². The first-order valence-corrected chi connectivity index (χ1v) is 13.8. The quantitative estimate of drug-likeness (QED) is 0.191. The number of benzene rings is 3. The lowest BCUT2D eigenvalue weighted by Gasteiger charge is -2.36. The van der Waals surface area contributed by atoms with E-state index in [0.717, 1.165) is 5.56 Å². The lowest BCUT2D eigenvalue weighted by Crippen LogP contribution is -2.53. The van der Waals surface area contributed by atoms with Crippen molar-refractivity contribution in [1.82, 2.24) is 0 Å².